The Labute approximate surface area is 91.0 Å². The van der Waals surface area contributed by atoms with Crippen LogP contribution in [0.3, 0.4) is 0 Å². The molecule has 0 fully saturated rings. The first kappa shape index (κ1) is 17.9. The molecule has 0 saturated carbocycles. The van der Waals surface area contributed by atoms with Gasteiger partial charge in [0.15, 0.2) is 0 Å². The van der Waals surface area contributed by atoms with E-state index in [1.54, 1.807) is 6.92 Å². The molecule has 0 radical (unpaired) electrons. The van der Waals surface area contributed by atoms with E-state index < -0.39 is 12.4 Å². The van der Waals surface area contributed by atoms with Crippen molar-refractivity contribution in [3.63, 3.8) is 0 Å². The number of hydrogen-bond donors (Lipinski definition) is 0. The minimum atomic E-state index is -2.76. The molecule has 0 aromatic carbocycles. The Hall–Kier alpha value is -0.000000000000000222. The minimum Gasteiger partial charge on any atom is -0.346 e. The van der Waals surface area contributed by atoms with Crippen LogP contribution in [-0.2, 0) is 9.74 Å². The number of carbonyl (C=O) groups excluding carboxylic acids is 1. The SMILES string of the molecule is O=C(C=CC(F)F)OF.[CH2-]C.[Na+]. The van der Waals surface area contributed by atoms with E-state index in [2.05, 4.69) is 11.9 Å². The molecule has 0 saturated heterocycles. The average molecular weight is 192 g/mol. The number of alkyl halides is 2. The predicted octanol–water partition coefficient (Wildman–Crippen LogP) is -0.920. The van der Waals surface area contributed by atoms with Crippen molar-refractivity contribution in [3.8, 4) is 0 Å². The Kier molecular flexibility index (Phi) is 20.3. The van der Waals surface area contributed by atoms with Crippen LogP contribution in [0.4, 0.5) is 13.3 Å². The zero-order valence-corrected chi connectivity index (χ0v) is 8.89. The summed E-state index contributed by atoms with van der Waals surface area (Å²) in [6.07, 6.45) is -2.23. The first-order valence-corrected chi connectivity index (χ1v) is 2.66. The minimum absolute atomic E-state index is 0. The molecule has 6 heteroatoms. The average Bonchev–Trinajstić information content (AvgIpc) is 2.04. The molecule has 0 aromatic heterocycles. The van der Waals surface area contributed by atoms with Gasteiger partial charge in [-0.2, -0.15) is 6.92 Å². The van der Waals surface area contributed by atoms with E-state index in [9.17, 15) is 18.1 Å². The number of rotatable bonds is 2. The first-order valence-electron chi connectivity index (χ1n) is 2.66. The first-order chi connectivity index (χ1) is 5.16. The van der Waals surface area contributed by atoms with Gasteiger partial charge in [0.2, 0.25) is 0 Å². The zero-order valence-electron chi connectivity index (χ0n) is 6.89. The van der Waals surface area contributed by atoms with Crippen LogP contribution in [0.25, 0.3) is 0 Å². The largest absolute Gasteiger partial charge is 1.00 e. The van der Waals surface area contributed by atoms with Gasteiger partial charge in [0, 0.05) is 10.6 Å². The normalized spacial score (nSPS) is 8.50. The van der Waals surface area contributed by atoms with E-state index in [1.165, 1.54) is 0 Å². The van der Waals surface area contributed by atoms with Gasteiger partial charge in [-0.15, -0.1) is 0 Å². The Morgan fingerprint density at radius 2 is 1.92 bits per heavy atom. The molecule has 0 rings (SSSR count). The van der Waals surface area contributed by atoms with Gasteiger partial charge in [-0.3, -0.25) is 4.94 Å². The van der Waals surface area contributed by atoms with E-state index in [4.69, 9.17) is 0 Å². The van der Waals surface area contributed by atoms with Crippen molar-refractivity contribution in [2.75, 3.05) is 0 Å². The summed E-state index contributed by atoms with van der Waals surface area (Å²) in [4.78, 5) is 12.2. The van der Waals surface area contributed by atoms with Gasteiger partial charge in [0.05, 0.1) is 0 Å². The van der Waals surface area contributed by atoms with Crippen molar-refractivity contribution in [3.05, 3.63) is 19.1 Å². The third kappa shape index (κ3) is 16.5. The Balaban J connectivity index is -0.000000249. The topological polar surface area (TPSA) is 26.3 Å². The molecule has 0 heterocycles. The van der Waals surface area contributed by atoms with E-state index in [0.717, 1.165) is 0 Å². The molecule has 0 aliphatic rings. The van der Waals surface area contributed by atoms with Crippen LogP contribution in [0.15, 0.2) is 12.2 Å². The van der Waals surface area contributed by atoms with Gasteiger partial charge in [-0.05, 0) is 6.08 Å². The van der Waals surface area contributed by atoms with Crippen LogP contribution in [0.1, 0.15) is 6.92 Å². The molecule has 0 atom stereocenters. The monoisotopic (exact) mass is 192 g/mol. The summed E-state index contributed by atoms with van der Waals surface area (Å²) >= 11 is 0. The molecule has 0 unspecified atom stereocenters. The smallest absolute Gasteiger partial charge is 0.346 e. The van der Waals surface area contributed by atoms with Crippen molar-refractivity contribution in [1.29, 1.82) is 0 Å². The maximum absolute atomic E-state index is 11.1. The summed E-state index contributed by atoms with van der Waals surface area (Å²) in [6, 6.07) is 0. The zero-order chi connectivity index (χ0) is 9.28. The van der Waals surface area contributed by atoms with Crippen LogP contribution in [-0.4, -0.2) is 12.4 Å². The van der Waals surface area contributed by atoms with Gasteiger partial charge in [-0.25, -0.2) is 13.6 Å². The van der Waals surface area contributed by atoms with Crippen LogP contribution >= 0.6 is 0 Å². The summed E-state index contributed by atoms with van der Waals surface area (Å²) in [5.74, 6) is -1.43. The summed E-state index contributed by atoms with van der Waals surface area (Å²) in [7, 11) is 0. The van der Waals surface area contributed by atoms with Crippen molar-refractivity contribution in [1.82, 2.24) is 0 Å². The number of carbonyl (C=O) groups is 1. The standard InChI is InChI=1S/C4H3F3O2.C2H5.Na/c5-3(6)1-2-4(8)9-7;1-2;/h1-3H;1H2,2H3;/q;-1;+1. The molecule has 0 N–H and O–H groups in total. The fraction of sp³-hybridized carbons (Fsp3) is 0.333. The fourth-order valence-electron chi connectivity index (χ4n) is 0.177. The third-order valence-corrected chi connectivity index (χ3v) is 0.454. The summed E-state index contributed by atoms with van der Waals surface area (Å²) < 4.78 is 32.9. The van der Waals surface area contributed by atoms with Crippen molar-refractivity contribution in [2.24, 2.45) is 0 Å². The van der Waals surface area contributed by atoms with Crippen LogP contribution < -0.4 is 29.6 Å². The second-order valence-corrected chi connectivity index (χ2v) is 1.09. The number of hydrogen-bond acceptors (Lipinski definition) is 2. The van der Waals surface area contributed by atoms with E-state index in [0.29, 0.717) is 6.08 Å². The molecule has 12 heavy (non-hydrogen) atoms. The maximum atomic E-state index is 11.1. The molecule has 0 bridgehead atoms. The predicted molar refractivity (Wildman–Crippen MR) is 33.4 cm³/mol. The molecule has 0 aromatic rings. The van der Waals surface area contributed by atoms with E-state index in [-0.39, 0.29) is 35.6 Å². The summed E-state index contributed by atoms with van der Waals surface area (Å²) in [5, 5.41) is 0. The van der Waals surface area contributed by atoms with Crippen LogP contribution in [0.5, 0.6) is 0 Å². The van der Waals surface area contributed by atoms with Crippen LogP contribution in [0.2, 0.25) is 0 Å². The fourth-order valence-corrected chi connectivity index (χ4v) is 0.177. The molecular weight excluding hydrogens is 184 g/mol. The molecule has 66 valence electrons. The Morgan fingerprint density at radius 3 is 2.17 bits per heavy atom. The van der Waals surface area contributed by atoms with Crippen LogP contribution in [0, 0.1) is 6.92 Å². The molecule has 0 spiro atoms. The Morgan fingerprint density at radius 1 is 1.50 bits per heavy atom. The van der Waals surface area contributed by atoms with Gasteiger partial charge in [0.1, 0.15) is 0 Å². The third-order valence-electron chi connectivity index (χ3n) is 0.454. The van der Waals surface area contributed by atoms with Gasteiger partial charge < -0.3 is 6.92 Å². The van der Waals surface area contributed by atoms with Crippen molar-refractivity contribution in [2.45, 2.75) is 13.3 Å². The van der Waals surface area contributed by atoms with E-state index >= 15 is 0 Å². The van der Waals surface area contributed by atoms with E-state index in [1.807, 2.05) is 0 Å². The van der Waals surface area contributed by atoms with Gasteiger partial charge >= 0.3 is 35.5 Å². The quantitative estimate of drug-likeness (QED) is 0.321. The van der Waals surface area contributed by atoms with Gasteiger partial charge in [-0.1, -0.05) is 0 Å². The molecule has 0 aliphatic heterocycles. The molecule has 0 amide bonds. The number of allylic oxidation sites excluding steroid dienone is 1. The molecule has 0 aliphatic carbocycles. The van der Waals surface area contributed by atoms with Gasteiger partial charge in [0.25, 0.3) is 6.43 Å². The second-order valence-electron chi connectivity index (χ2n) is 1.09. The molecular formula is C6H8F3NaO2. The van der Waals surface area contributed by atoms with Crippen molar-refractivity contribution < 1.29 is 52.6 Å². The maximum Gasteiger partial charge on any atom is 1.00 e. The summed E-state index contributed by atoms with van der Waals surface area (Å²) in [6.45, 7) is 5.00. The second kappa shape index (κ2) is 13.6. The number of halogens is 3. The Bertz CT molecular complexity index is 128. The molecule has 2 nitrogen and oxygen atoms in total. The van der Waals surface area contributed by atoms with Crippen molar-refractivity contribution >= 4 is 5.97 Å². The summed E-state index contributed by atoms with van der Waals surface area (Å²) in [5.41, 5.74) is 0.